The van der Waals surface area contributed by atoms with Crippen molar-refractivity contribution in [3.8, 4) is 5.69 Å². The van der Waals surface area contributed by atoms with Gasteiger partial charge >= 0.3 is 5.97 Å². The van der Waals surface area contributed by atoms with Gasteiger partial charge in [-0.15, -0.1) is 0 Å². The summed E-state index contributed by atoms with van der Waals surface area (Å²) in [6, 6.07) is 22.5. The van der Waals surface area contributed by atoms with Gasteiger partial charge in [0.2, 0.25) is 0 Å². The van der Waals surface area contributed by atoms with E-state index >= 15 is 0 Å². The van der Waals surface area contributed by atoms with Gasteiger partial charge in [-0.3, -0.25) is 4.98 Å². The van der Waals surface area contributed by atoms with Crippen LogP contribution < -0.4 is 15.1 Å². The topological polar surface area (TPSA) is 73.6 Å². The molecule has 6 rings (SSSR count). The highest BCUT2D eigenvalue weighted by Gasteiger charge is 2.42. The summed E-state index contributed by atoms with van der Waals surface area (Å²) in [5, 5.41) is 14.4. The Hall–Kier alpha value is -3.88. The van der Waals surface area contributed by atoms with Gasteiger partial charge in [0.1, 0.15) is 6.04 Å². The van der Waals surface area contributed by atoms with Crippen LogP contribution in [0.2, 0.25) is 5.02 Å². The summed E-state index contributed by atoms with van der Waals surface area (Å²) in [6.07, 6.45) is 4.95. The fourth-order valence-electron chi connectivity index (χ4n) is 6.35. The number of carboxylic acid groups (broad SMARTS) is 1. The molecular weight excluding hydrogens is 554 g/mol. The minimum Gasteiger partial charge on any atom is -0.478 e. The van der Waals surface area contributed by atoms with E-state index in [4.69, 9.17) is 23.8 Å². The van der Waals surface area contributed by atoms with E-state index in [1.54, 1.807) is 24.4 Å². The summed E-state index contributed by atoms with van der Waals surface area (Å²) in [7, 11) is 0. The summed E-state index contributed by atoms with van der Waals surface area (Å²) in [5.41, 5.74) is 4.69. The van der Waals surface area contributed by atoms with Crippen molar-refractivity contribution in [2.24, 2.45) is 11.8 Å². The molecule has 9 heteroatoms. The molecular formula is C32H32ClN5O2S. The first-order valence-corrected chi connectivity index (χ1v) is 14.6. The van der Waals surface area contributed by atoms with Crippen molar-refractivity contribution in [1.29, 1.82) is 0 Å². The average Bonchev–Trinajstić information content (AvgIpc) is 3.57. The lowest BCUT2D eigenvalue weighted by Crippen LogP contribution is -2.38. The molecule has 41 heavy (non-hydrogen) atoms. The van der Waals surface area contributed by atoms with Gasteiger partial charge in [0.15, 0.2) is 5.11 Å². The number of nitrogens with zero attached hydrogens (tertiary/aromatic N) is 4. The van der Waals surface area contributed by atoms with Crippen LogP contribution in [0.5, 0.6) is 0 Å². The minimum absolute atomic E-state index is 0.226. The van der Waals surface area contributed by atoms with E-state index in [9.17, 15) is 9.90 Å². The van der Waals surface area contributed by atoms with Crippen LogP contribution in [0.4, 0.5) is 11.4 Å². The summed E-state index contributed by atoms with van der Waals surface area (Å²) in [6.45, 7) is 6.56. The zero-order valence-electron chi connectivity index (χ0n) is 22.9. The summed E-state index contributed by atoms with van der Waals surface area (Å²) >= 11 is 12.9. The number of rotatable bonds is 6. The number of piperidine rings is 1. The number of benzene rings is 2. The first-order valence-electron chi connectivity index (χ1n) is 13.9. The normalized spacial score (nSPS) is 22.6. The number of halogens is 1. The van der Waals surface area contributed by atoms with Crippen molar-refractivity contribution in [2.75, 3.05) is 22.9 Å². The second-order valence-corrected chi connectivity index (χ2v) is 11.9. The molecule has 2 aromatic carbocycles. The van der Waals surface area contributed by atoms with Crippen molar-refractivity contribution in [1.82, 2.24) is 14.9 Å². The van der Waals surface area contributed by atoms with Crippen LogP contribution in [0, 0.1) is 11.8 Å². The van der Waals surface area contributed by atoms with Crippen molar-refractivity contribution >= 4 is 46.3 Å². The lowest BCUT2D eigenvalue weighted by Gasteiger charge is -2.37. The van der Waals surface area contributed by atoms with Crippen molar-refractivity contribution in [3.05, 3.63) is 107 Å². The van der Waals surface area contributed by atoms with E-state index in [0.717, 1.165) is 41.5 Å². The smallest absolute Gasteiger partial charge is 0.335 e. The molecule has 0 radical (unpaired) electrons. The molecule has 0 bridgehead atoms. The van der Waals surface area contributed by atoms with E-state index in [1.807, 2.05) is 53.2 Å². The van der Waals surface area contributed by atoms with Crippen LogP contribution in [0.1, 0.15) is 54.1 Å². The number of aromatic carboxylic acids is 1. The fourth-order valence-corrected chi connectivity index (χ4v) is 6.99. The van der Waals surface area contributed by atoms with Gasteiger partial charge in [0, 0.05) is 42.6 Å². The predicted molar refractivity (Wildman–Crippen MR) is 167 cm³/mol. The first kappa shape index (κ1) is 27.3. The summed E-state index contributed by atoms with van der Waals surface area (Å²) < 4.78 is 2.02. The Morgan fingerprint density at radius 2 is 1.80 bits per heavy atom. The van der Waals surface area contributed by atoms with Gasteiger partial charge in [-0.2, -0.15) is 0 Å². The van der Waals surface area contributed by atoms with Gasteiger partial charge < -0.3 is 24.8 Å². The van der Waals surface area contributed by atoms with Gasteiger partial charge in [-0.25, -0.2) is 4.79 Å². The second kappa shape index (κ2) is 11.2. The largest absolute Gasteiger partial charge is 0.478 e. The Bertz CT molecular complexity index is 1580. The van der Waals surface area contributed by atoms with E-state index in [2.05, 4.69) is 46.1 Å². The molecule has 2 aliphatic rings. The lowest BCUT2D eigenvalue weighted by atomic mass is 9.91. The molecule has 7 nitrogen and oxygen atoms in total. The maximum Gasteiger partial charge on any atom is 0.335 e. The zero-order valence-corrected chi connectivity index (χ0v) is 24.5. The molecule has 2 aliphatic heterocycles. The van der Waals surface area contributed by atoms with Gasteiger partial charge in [-0.05, 0) is 91.1 Å². The van der Waals surface area contributed by atoms with Crippen LogP contribution in [-0.4, -0.2) is 38.8 Å². The molecule has 0 unspecified atom stereocenters. The molecule has 2 N–H and O–H groups in total. The SMILES string of the molecule is C[C@@H]1C[C@H](C)CN(c2ccc(N3C(=S)N[C@@H](c4ccccn4)[C@H]3c3cccn3-c3cccc(C(=O)O)c3)cc2Cl)C1. The third-order valence-electron chi connectivity index (χ3n) is 7.97. The van der Waals surface area contributed by atoms with Gasteiger partial charge in [0.25, 0.3) is 0 Å². The van der Waals surface area contributed by atoms with Crippen LogP contribution in [0.3, 0.4) is 0 Å². The van der Waals surface area contributed by atoms with Crippen molar-refractivity contribution in [2.45, 2.75) is 32.4 Å². The minimum atomic E-state index is -0.968. The van der Waals surface area contributed by atoms with Gasteiger partial charge in [-0.1, -0.05) is 37.6 Å². The molecule has 4 aromatic rings. The number of aromatic nitrogens is 2. The number of nitrogens with one attached hydrogen (secondary N) is 1. The molecule has 2 fully saturated rings. The highest BCUT2D eigenvalue weighted by atomic mass is 35.5. The van der Waals surface area contributed by atoms with Crippen LogP contribution in [-0.2, 0) is 0 Å². The third-order valence-corrected chi connectivity index (χ3v) is 8.59. The number of hydrogen-bond acceptors (Lipinski definition) is 4. The highest BCUT2D eigenvalue weighted by molar-refractivity contribution is 7.80. The van der Waals surface area contributed by atoms with E-state index in [0.29, 0.717) is 22.0 Å². The molecule has 4 atom stereocenters. The molecule has 0 saturated carbocycles. The number of anilines is 2. The second-order valence-electron chi connectivity index (χ2n) is 11.1. The maximum absolute atomic E-state index is 11.7. The Morgan fingerprint density at radius 1 is 1.00 bits per heavy atom. The number of carboxylic acids is 1. The standard InChI is InChI=1S/C32H32ClN5O2S/c1-20-15-21(2)19-36(18-20)27-12-11-24(17-25(27)33)38-30(29(35-32(38)41)26-9-3-4-13-34-26)28-10-6-14-37(28)23-8-5-7-22(16-23)31(39)40/h3-14,16-17,20-21,29-30H,15,18-19H2,1-2H3,(H,35,41)(H,39,40)/t20-,21+,29-,30+/m0/s1. The average molecular weight is 586 g/mol. The van der Waals surface area contributed by atoms with Crippen LogP contribution in [0.15, 0.2) is 85.2 Å². The number of thiocarbonyl (C=S) groups is 1. The molecule has 0 amide bonds. The predicted octanol–water partition coefficient (Wildman–Crippen LogP) is 6.88. The molecule has 2 saturated heterocycles. The number of carbonyl (C=O) groups is 1. The summed E-state index contributed by atoms with van der Waals surface area (Å²) in [5.74, 6) is 0.256. The van der Waals surface area contributed by atoms with Crippen molar-refractivity contribution < 1.29 is 9.90 Å². The van der Waals surface area contributed by atoms with Crippen LogP contribution in [0.25, 0.3) is 5.69 Å². The van der Waals surface area contributed by atoms with E-state index in [1.165, 1.54) is 6.42 Å². The summed E-state index contributed by atoms with van der Waals surface area (Å²) in [4.78, 5) is 20.9. The van der Waals surface area contributed by atoms with E-state index < -0.39 is 5.97 Å². The Labute approximate surface area is 250 Å². The Kier molecular flexibility index (Phi) is 7.45. The quantitative estimate of drug-likeness (QED) is 0.239. The van der Waals surface area contributed by atoms with E-state index in [-0.39, 0.29) is 17.6 Å². The molecule has 0 spiro atoms. The maximum atomic E-state index is 11.7. The molecule has 0 aliphatic carbocycles. The van der Waals surface area contributed by atoms with Crippen molar-refractivity contribution in [3.63, 3.8) is 0 Å². The van der Waals surface area contributed by atoms with Crippen LogP contribution >= 0.6 is 23.8 Å². The number of pyridine rings is 1. The Balaban J connectivity index is 1.43. The Morgan fingerprint density at radius 3 is 2.51 bits per heavy atom. The fraction of sp³-hybridized carbons (Fsp3) is 0.281. The highest BCUT2D eigenvalue weighted by Crippen LogP contribution is 2.44. The van der Waals surface area contributed by atoms with Gasteiger partial charge in [0.05, 0.1) is 28.0 Å². The molecule has 210 valence electrons. The molecule has 2 aromatic heterocycles. The third kappa shape index (κ3) is 5.29. The zero-order chi connectivity index (χ0) is 28.7. The lowest BCUT2D eigenvalue weighted by molar-refractivity contribution is 0.0697. The molecule has 4 heterocycles. The monoisotopic (exact) mass is 585 g/mol. The first-order chi connectivity index (χ1) is 19.8. The number of hydrogen-bond donors (Lipinski definition) is 2.